The molecular formula is C11H10BrN3OS. The van der Waals surface area contributed by atoms with E-state index in [1.54, 1.807) is 12.4 Å². The number of nitrogen functional groups attached to an aromatic ring is 1. The second-order valence-electron chi connectivity index (χ2n) is 3.58. The Morgan fingerprint density at radius 3 is 2.88 bits per heavy atom. The second-order valence-corrected chi connectivity index (χ2v) is 5.39. The molecule has 0 saturated heterocycles. The number of hydrogen-bond donors (Lipinski definition) is 1. The van der Waals surface area contributed by atoms with Crippen LogP contribution < -0.4 is 5.73 Å². The van der Waals surface area contributed by atoms with Gasteiger partial charge in [0, 0.05) is 35.1 Å². The van der Waals surface area contributed by atoms with Gasteiger partial charge in [-0.15, -0.1) is 11.3 Å². The minimum Gasteiger partial charge on any atom is -0.375 e. The molecule has 4 nitrogen and oxygen atoms in total. The number of Topliss-reactive ketones (excluding diaryl/α,β-unsaturated/α-hetero) is 1. The topological polar surface area (TPSA) is 68.9 Å². The minimum atomic E-state index is 0.107. The van der Waals surface area contributed by atoms with Crippen LogP contribution in [0.5, 0.6) is 0 Å². The van der Waals surface area contributed by atoms with Gasteiger partial charge in [-0.2, -0.15) is 0 Å². The number of carbonyl (C=O) groups excluding carboxylic acids is 1. The molecule has 0 aliphatic carbocycles. The van der Waals surface area contributed by atoms with Gasteiger partial charge in [-0.3, -0.25) is 9.78 Å². The van der Waals surface area contributed by atoms with Crippen LogP contribution in [0.2, 0.25) is 0 Å². The fourth-order valence-corrected chi connectivity index (χ4v) is 2.42. The normalized spacial score (nSPS) is 10.4. The minimum absolute atomic E-state index is 0.107. The van der Waals surface area contributed by atoms with Crippen molar-refractivity contribution in [3.63, 3.8) is 0 Å². The molecule has 17 heavy (non-hydrogen) atoms. The number of hydrogen-bond acceptors (Lipinski definition) is 5. The number of ketones is 1. The van der Waals surface area contributed by atoms with E-state index >= 15 is 0 Å². The number of nitrogens with two attached hydrogens (primary N) is 1. The standard InChI is InChI=1S/C11H10BrN3OS/c12-8-1-7(4-14-5-8)2-10(16)3-9-6-17-11(13)15-9/h1,4-6H,2-3H2,(H2,13,15). The molecule has 0 aliphatic rings. The molecule has 2 aromatic rings. The summed E-state index contributed by atoms with van der Waals surface area (Å²) in [6.45, 7) is 0. The summed E-state index contributed by atoms with van der Waals surface area (Å²) in [6.07, 6.45) is 4.07. The molecule has 0 radical (unpaired) electrons. The highest BCUT2D eigenvalue weighted by atomic mass is 79.9. The van der Waals surface area contributed by atoms with E-state index in [1.807, 2.05) is 11.4 Å². The lowest BCUT2D eigenvalue weighted by atomic mass is 10.1. The van der Waals surface area contributed by atoms with Gasteiger partial charge in [-0.25, -0.2) is 4.98 Å². The zero-order valence-electron chi connectivity index (χ0n) is 8.89. The average molecular weight is 312 g/mol. The summed E-state index contributed by atoms with van der Waals surface area (Å²) in [6, 6.07) is 1.89. The summed E-state index contributed by atoms with van der Waals surface area (Å²) >= 11 is 4.67. The van der Waals surface area contributed by atoms with Crippen LogP contribution in [0.25, 0.3) is 0 Å². The highest BCUT2D eigenvalue weighted by molar-refractivity contribution is 9.10. The van der Waals surface area contributed by atoms with Crippen LogP contribution in [-0.4, -0.2) is 15.8 Å². The number of carbonyl (C=O) groups is 1. The Bertz CT molecular complexity index is 541. The Morgan fingerprint density at radius 1 is 1.41 bits per heavy atom. The van der Waals surface area contributed by atoms with Gasteiger partial charge >= 0.3 is 0 Å². The number of pyridine rings is 1. The van der Waals surface area contributed by atoms with Crippen LogP contribution >= 0.6 is 27.3 Å². The van der Waals surface area contributed by atoms with Gasteiger partial charge < -0.3 is 5.73 Å². The van der Waals surface area contributed by atoms with Gasteiger partial charge in [0.05, 0.1) is 5.69 Å². The van der Waals surface area contributed by atoms with Crippen LogP contribution in [0.4, 0.5) is 5.13 Å². The second kappa shape index (κ2) is 5.37. The monoisotopic (exact) mass is 311 g/mol. The first kappa shape index (κ1) is 12.2. The Balaban J connectivity index is 1.98. The van der Waals surface area contributed by atoms with E-state index in [0.717, 1.165) is 15.7 Å². The van der Waals surface area contributed by atoms with Gasteiger partial charge in [-0.05, 0) is 27.6 Å². The van der Waals surface area contributed by atoms with Gasteiger partial charge in [0.15, 0.2) is 5.13 Å². The Kier molecular flexibility index (Phi) is 3.86. The molecule has 2 aromatic heterocycles. The third kappa shape index (κ3) is 3.61. The number of halogens is 1. The van der Waals surface area contributed by atoms with E-state index in [0.29, 0.717) is 18.0 Å². The first-order chi connectivity index (χ1) is 8.13. The molecular weight excluding hydrogens is 302 g/mol. The molecule has 0 unspecified atom stereocenters. The van der Waals surface area contributed by atoms with Gasteiger partial charge in [0.1, 0.15) is 5.78 Å². The van der Waals surface area contributed by atoms with Gasteiger partial charge in [-0.1, -0.05) is 0 Å². The van der Waals surface area contributed by atoms with Crippen molar-refractivity contribution in [3.8, 4) is 0 Å². The Labute approximate surface area is 111 Å². The van der Waals surface area contributed by atoms with Crippen LogP contribution in [-0.2, 0) is 17.6 Å². The van der Waals surface area contributed by atoms with E-state index in [9.17, 15) is 4.79 Å². The first-order valence-corrected chi connectivity index (χ1v) is 6.62. The van der Waals surface area contributed by atoms with Crippen molar-refractivity contribution >= 4 is 38.2 Å². The van der Waals surface area contributed by atoms with Crippen molar-refractivity contribution in [1.29, 1.82) is 0 Å². The van der Waals surface area contributed by atoms with Crippen molar-refractivity contribution in [2.45, 2.75) is 12.8 Å². The van der Waals surface area contributed by atoms with Crippen molar-refractivity contribution < 1.29 is 4.79 Å². The Hall–Kier alpha value is -1.27. The molecule has 0 fully saturated rings. The quantitative estimate of drug-likeness (QED) is 0.940. The molecule has 0 spiro atoms. The third-order valence-electron chi connectivity index (χ3n) is 2.11. The third-order valence-corrected chi connectivity index (χ3v) is 3.27. The Morgan fingerprint density at radius 2 is 2.24 bits per heavy atom. The van der Waals surface area contributed by atoms with E-state index in [2.05, 4.69) is 25.9 Å². The summed E-state index contributed by atoms with van der Waals surface area (Å²) in [5.41, 5.74) is 7.14. The number of rotatable bonds is 4. The number of thiazole rings is 1. The maximum atomic E-state index is 11.8. The average Bonchev–Trinajstić information content (AvgIpc) is 2.63. The lowest BCUT2D eigenvalue weighted by Gasteiger charge is -1.99. The molecule has 0 saturated carbocycles. The smallest absolute Gasteiger partial charge is 0.180 e. The maximum Gasteiger partial charge on any atom is 0.180 e. The first-order valence-electron chi connectivity index (χ1n) is 4.94. The van der Waals surface area contributed by atoms with Crippen LogP contribution in [0.3, 0.4) is 0 Å². The van der Waals surface area contributed by atoms with Crippen LogP contribution in [0.1, 0.15) is 11.3 Å². The predicted molar refractivity (Wildman–Crippen MR) is 70.9 cm³/mol. The maximum absolute atomic E-state index is 11.8. The lowest BCUT2D eigenvalue weighted by Crippen LogP contribution is -2.07. The van der Waals surface area contributed by atoms with E-state index in [1.165, 1.54) is 11.3 Å². The molecule has 2 rings (SSSR count). The number of nitrogens with zero attached hydrogens (tertiary/aromatic N) is 2. The zero-order chi connectivity index (χ0) is 12.3. The molecule has 2 N–H and O–H groups in total. The highest BCUT2D eigenvalue weighted by Crippen LogP contribution is 2.14. The summed E-state index contributed by atoms with van der Waals surface area (Å²) in [5.74, 6) is 0.107. The van der Waals surface area contributed by atoms with Crippen molar-refractivity contribution in [2.24, 2.45) is 0 Å². The molecule has 0 amide bonds. The fourth-order valence-electron chi connectivity index (χ4n) is 1.45. The van der Waals surface area contributed by atoms with Crippen LogP contribution in [0, 0.1) is 0 Å². The molecule has 0 aromatic carbocycles. The fraction of sp³-hybridized carbons (Fsp3) is 0.182. The van der Waals surface area contributed by atoms with Gasteiger partial charge in [0.25, 0.3) is 0 Å². The van der Waals surface area contributed by atoms with Crippen molar-refractivity contribution in [1.82, 2.24) is 9.97 Å². The predicted octanol–water partition coefficient (Wildman–Crippen LogP) is 2.24. The lowest BCUT2D eigenvalue weighted by molar-refractivity contribution is -0.117. The molecule has 0 aliphatic heterocycles. The molecule has 2 heterocycles. The molecule has 0 atom stereocenters. The number of anilines is 1. The van der Waals surface area contributed by atoms with E-state index in [4.69, 9.17) is 5.73 Å². The largest absolute Gasteiger partial charge is 0.375 e. The molecule has 0 bridgehead atoms. The zero-order valence-corrected chi connectivity index (χ0v) is 11.3. The molecule has 88 valence electrons. The van der Waals surface area contributed by atoms with Crippen LogP contribution in [0.15, 0.2) is 28.3 Å². The number of aromatic nitrogens is 2. The SMILES string of the molecule is Nc1nc(CC(=O)Cc2cncc(Br)c2)cs1. The summed E-state index contributed by atoms with van der Waals surface area (Å²) in [4.78, 5) is 19.9. The highest BCUT2D eigenvalue weighted by Gasteiger charge is 2.08. The molecule has 6 heteroatoms. The van der Waals surface area contributed by atoms with Gasteiger partial charge in [0.2, 0.25) is 0 Å². The summed E-state index contributed by atoms with van der Waals surface area (Å²) < 4.78 is 0.876. The van der Waals surface area contributed by atoms with E-state index < -0.39 is 0 Å². The summed E-state index contributed by atoms with van der Waals surface area (Å²) in [7, 11) is 0. The van der Waals surface area contributed by atoms with E-state index in [-0.39, 0.29) is 5.78 Å². The summed E-state index contributed by atoms with van der Waals surface area (Å²) in [5, 5.41) is 2.31. The van der Waals surface area contributed by atoms with Crippen molar-refractivity contribution in [3.05, 3.63) is 39.6 Å². The van der Waals surface area contributed by atoms with Crippen molar-refractivity contribution in [2.75, 3.05) is 5.73 Å².